The standard InChI is InChI=1S/C26H30BrClN4O5/c1-3-4-5-13-32(2,37)22(27)15-18(28)7-6-8-23(33)29-19-9-10-20-17(14-19)16-31(26(20)36)21-11-12-24(34)30-25(21)35/h1,9-10,14-15,18,21H,4-8,11-13,16H2,2H3,(H,29,33)(H,30,34,35)/b22-15+. The first-order valence-corrected chi connectivity index (χ1v) is 13.3. The number of imide groups is 1. The molecule has 0 bridgehead atoms. The second-order valence-corrected chi connectivity index (χ2v) is 10.7. The molecule has 0 aliphatic carbocycles. The van der Waals surface area contributed by atoms with Crippen molar-refractivity contribution in [2.45, 2.75) is 62.9 Å². The molecule has 1 saturated heterocycles. The summed E-state index contributed by atoms with van der Waals surface area (Å²) in [5, 5.41) is 17.3. The summed E-state index contributed by atoms with van der Waals surface area (Å²) in [7, 11) is 1.53. The van der Waals surface area contributed by atoms with Crippen LogP contribution in [0, 0.1) is 17.6 Å². The Balaban J connectivity index is 1.48. The Morgan fingerprint density at radius 1 is 1.41 bits per heavy atom. The van der Waals surface area contributed by atoms with Gasteiger partial charge in [0.25, 0.3) is 5.91 Å². The van der Waals surface area contributed by atoms with E-state index in [-0.39, 0.29) is 37.1 Å². The van der Waals surface area contributed by atoms with Crippen LogP contribution in [0.15, 0.2) is 28.9 Å². The van der Waals surface area contributed by atoms with E-state index < -0.39 is 22.0 Å². The third-order valence-corrected chi connectivity index (χ3v) is 7.73. The predicted octanol–water partition coefficient (Wildman–Crippen LogP) is 3.76. The lowest BCUT2D eigenvalue weighted by Crippen LogP contribution is -2.52. The fourth-order valence-electron chi connectivity index (χ4n) is 4.31. The molecule has 2 N–H and O–H groups in total. The van der Waals surface area contributed by atoms with Crippen LogP contribution in [-0.2, 0) is 20.9 Å². The van der Waals surface area contributed by atoms with Crippen LogP contribution < -0.4 is 10.6 Å². The number of fused-ring (bicyclic) bond motifs is 1. The molecule has 9 nitrogen and oxygen atoms in total. The van der Waals surface area contributed by atoms with Gasteiger partial charge < -0.3 is 20.1 Å². The first-order valence-electron chi connectivity index (χ1n) is 12.1. The topological polar surface area (TPSA) is 119 Å². The van der Waals surface area contributed by atoms with Crippen LogP contribution in [0.4, 0.5) is 5.69 Å². The van der Waals surface area contributed by atoms with Crippen molar-refractivity contribution >= 4 is 56.8 Å². The highest BCUT2D eigenvalue weighted by molar-refractivity contribution is 9.11. The first kappa shape index (κ1) is 28.9. The normalized spacial score (nSPS) is 20.1. The van der Waals surface area contributed by atoms with Gasteiger partial charge in [-0.2, -0.15) is 0 Å². The number of carbonyl (C=O) groups is 4. The van der Waals surface area contributed by atoms with Crippen LogP contribution in [0.5, 0.6) is 0 Å². The Kier molecular flexibility index (Phi) is 9.90. The second-order valence-electron chi connectivity index (χ2n) is 9.35. The molecule has 37 heavy (non-hydrogen) atoms. The van der Waals surface area contributed by atoms with Crippen molar-refractivity contribution < 1.29 is 23.8 Å². The SMILES string of the molecule is C#CCCC[N+](C)([O-])/C(Br)=C/C(Cl)CCCC(=O)Nc1ccc2c(c1)CN(C1CCC(=O)NC1=O)C2=O. The zero-order valence-electron chi connectivity index (χ0n) is 20.6. The average molecular weight is 594 g/mol. The van der Waals surface area contributed by atoms with Crippen molar-refractivity contribution in [1.29, 1.82) is 0 Å². The molecular formula is C26H30BrClN4O5. The van der Waals surface area contributed by atoms with Crippen molar-refractivity contribution in [3.05, 3.63) is 45.2 Å². The van der Waals surface area contributed by atoms with Crippen LogP contribution >= 0.6 is 27.5 Å². The molecule has 4 amide bonds. The highest BCUT2D eigenvalue weighted by atomic mass is 79.9. The van der Waals surface area contributed by atoms with Gasteiger partial charge in [0, 0.05) is 65.5 Å². The molecule has 3 rings (SSSR count). The van der Waals surface area contributed by atoms with E-state index in [2.05, 4.69) is 32.5 Å². The van der Waals surface area contributed by atoms with Crippen molar-refractivity contribution in [3.63, 3.8) is 0 Å². The molecule has 1 aromatic carbocycles. The Morgan fingerprint density at radius 2 is 2.16 bits per heavy atom. The molecule has 0 radical (unpaired) electrons. The van der Waals surface area contributed by atoms with Crippen LogP contribution in [-0.4, -0.2) is 58.2 Å². The maximum atomic E-state index is 12.8. The first-order chi connectivity index (χ1) is 17.5. The molecule has 1 fully saturated rings. The molecular weight excluding hydrogens is 564 g/mol. The molecule has 3 unspecified atom stereocenters. The van der Waals surface area contributed by atoms with Crippen molar-refractivity contribution in [2.24, 2.45) is 0 Å². The van der Waals surface area contributed by atoms with E-state index in [9.17, 15) is 24.4 Å². The van der Waals surface area contributed by atoms with Crippen molar-refractivity contribution in [2.75, 3.05) is 18.9 Å². The zero-order chi connectivity index (χ0) is 27.2. The van der Waals surface area contributed by atoms with Crippen LogP contribution in [0.25, 0.3) is 0 Å². The number of carbonyl (C=O) groups excluding carboxylic acids is 4. The molecule has 0 aromatic heterocycles. The van der Waals surface area contributed by atoms with E-state index in [1.54, 1.807) is 24.3 Å². The largest absolute Gasteiger partial charge is 0.627 e. The minimum Gasteiger partial charge on any atom is -0.627 e. The number of alkyl halides is 1. The van der Waals surface area contributed by atoms with Crippen molar-refractivity contribution in [1.82, 2.24) is 10.2 Å². The maximum absolute atomic E-state index is 12.8. The maximum Gasteiger partial charge on any atom is 0.255 e. The molecule has 2 aliphatic rings. The number of anilines is 1. The van der Waals surface area contributed by atoms with Crippen LogP contribution in [0.2, 0.25) is 0 Å². The molecule has 0 saturated carbocycles. The van der Waals surface area contributed by atoms with Crippen molar-refractivity contribution in [3.8, 4) is 12.3 Å². The van der Waals surface area contributed by atoms with E-state index in [0.29, 0.717) is 60.1 Å². The molecule has 198 valence electrons. The second kappa shape index (κ2) is 12.7. The number of terminal acetylenes is 1. The fraction of sp³-hybridized carbons (Fsp3) is 0.462. The van der Waals surface area contributed by atoms with E-state index in [1.165, 1.54) is 11.9 Å². The molecule has 0 spiro atoms. The van der Waals surface area contributed by atoms with Gasteiger partial charge in [-0.3, -0.25) is 24.5 Å². The van der Waals surface area contributed by atoms with E-state index in [4.69, 9.17) is 18.0 Å². The van der Waals surface area contributed by atoms with E-state index in [1.807, 2.05) is 0 Å². The number of halogens is 2. The molecule has 2 heterocycles. The number of hydrogen-bond donors (Lipinski definition) is 2. The van der Waals surface area contributed by atoms with Gasteiger partial charge in [-0.25, -0.2) is 0 Å². The van der Waals surface area contributed by atoms with Crippen LogP contribution in [0.3, 0.4) is 0 Å². The number of amides is 4. The Hall–Kier alpha value is -2.71. The number of hydrogen-bond acceptors (Lipinski definition) is 5. The number of allylic oxidation sites excluding steroid dienone is 1. The van der Waals surface area contributed by atoms with E-state index in [0.717, 1.165) is 0 Å². The zero-order valence-corrected chi connectivity index (χ0v) is 22.9. The van der Waals surface area contributed by atoms with Gasteiger partial charge in [0.1, 0.15) is 6.04 Å². The molecule has 11 heteroatoms. The highest BCUT2D eigenvalue weighted by Crippen LogP contribution is 2.29. The minimum atomic E-state index is -0.686. The number of hydroxylamine groups is 3. The molecule has 3 atom stereocenters. The summed E-state index contributed by atoms with van der Waals surface area (Å²) in [5.41, 5.74) is 1.75. The lowest BCUT2D eigenvalue weighted by atomic mass is 10.0. The summed E-state index contributed by atoms with van der Waals surface area (Å²) < 4.78 is -0.180. The minimum absolute atomic E-state index is 0.190. The van der Waals surface area contributed by atoms with Gasteiger partial charge in [-0.1, -0.05) is 0 Å². The number of benzene rings is 1. The summed E-state index contributed by atoms with van der Waals surface area (Å²) in [6.45, 7) is 0.574. The lowest BCUT2D eigenvalue weighted by Gasteiger charge is -2.37. The van der Waals surface area contributed by atoms with Gasteiger partial charge in [-0.15, -0.1) is 23.9 Å². The smallest absolute Gasteiger partial charge is 0.255 e. The number of unbranched alkanes of at least 4 members (excludes halogenated alkanes) is 1. The summed E-state index contributed by atoms with van der Waals surface area (Å²) in [6.07, 6.45) is 9.78. The average Bonchev–Trinajstić information content (AvgIpc) is 3.14. The van der Waals surface area contributed by atoms with Gasteiger partial charge in [0.2, 0.25) is 17.7 Å². The summed E-state index contributed by atoms with van der Waals surface area (Å²) in [4.78, 5) is 50.3. The Labute approximate surface area is 229 Å². The fourth-order valence-corrected chi connectivity index (χ4v) is 5.24. The predicted molar refractivity (Wildman–Crippen MR) is 144 cm³/mol. The number of rotatable bonds is 11. The van der Waals surface area contributed by atoms with Crippen LogP contribution in [0.1, 0.15) is 60.9 Å². The third-order valence-electron chi connectivity index (χ3n) is 6.37. The highest BCUT2D eigenvalue weighted by Gasteiger charge is 2.39. The molecule has 2 aliphatic heterocycles. The number of piperidine rings is 1. The number of nitrogens with zero attached hydrogens (tertiary/aromatic N) is 2. The van der Waals surface area contributed by atoms with Gasteiger partial charge in [-0.05, 0) is 43.0 Å². The Bertz CT molecular complexity index is 1150. The van der Waals surface area contributed by atoms with Gasteiger partial charge in [0.15, 0.2) is 4.61 Å². The number of nitrogens with one attached hydrogen (secondary N) is 2. The summed E-state index contributed by atoms with van der Waals surface area (Å²) >= 11 is 9.68. The lowest BCUT2D eigenvalue weighted by molar-refractivity contribution is -0.812. The summed E-state index contributed by atoms with van der Waals surface area (Å²) in [6, 6.07) is 4.33. The third kappa shape index (κ3) is 7.65. The monoisotopic (exact) mass is 592 g/mol. The number of quaternary nitrogens is 1. The van der Waals surface area contributed by atoms with Gasteiger partial charge >= 0.3 is 0 Å². The molecule has 1 aromatic rings. The van der Waals surface area contributed by atoms with E-state index >= 15 is 0 Å². The Morgan fingerprint density at radius 3 is 2.86 bits per heavy atom. The van der Waals surface area contributed by atoms with Gasteiger partial charge in [0.05, 0.1) is 19.0 Å². The summed E-state index contributed by atoms with van der Waals surface area (Å²) in [5.74, 6) is 1.26. The quantitative estimate of drug-likeness (QED) is 0.0771.